The van der Waals surface area contributed by atoms with Gasteiger partial charge in [0.05, 0.1) is 11.5 Å². The van der Waals surface area contributed by atoms with E-state index < -0.39 is 0 Å². The van der Waals surface area contributed by atoms with Gasteiger partial charge in [0, 0.05) is 0 Å². The molecule has 4 aliphatic carbocycles. The summed E-state index contributed by atoms with van der Waals surface area (Å²) >= 11 is 0. The maximum atomic E-state index is 5.84. The van der Waals surface area contributed by atoms with E-state index in [1.165, 1.54) is 44.1 Å². The molecular weight excluding hydrogens is 364 g/mol. The summed E-state index contributed by atoms with van der Waals surface area (Å²) in [5.41, 5.74) is 2.74. The summed E-state index contributed by atoms with van der Waals surface area (Å²) in [7, 11) is 0. The van der Waals surface area contributed by atoms with Crippen LogP contribution in [0, 0.1) is 22.8 Å². The van der Waals surface area contributed by atoms with Gasteiger partial charge >= 0.3 is 23.1 Å². The first-order valence-corrected chi connectivity index (χ1v) is 8.30. The van der Waals surface area contributed by atoms with E-state index in [4.69, 9.17) is 9.47 Å². The smallest absolute Gasteiger partial charge is 1.00 e. The minimum atomic E-state index is 0. The molecule has 2 unspecified atom stereocenters. The van der Waals surface area contributed by atoms with Crippen molar-refractivity contribution in [2.45, 2.75) is 57.8 Å². The predicted molar refractivity (Wildman–Crippen MR) is 86.2 cm³/mol. The van der Waals surface area contributed by atoms with Crippen LogP contribution in [0.1, 0.15) is 57.9 Å². The third kappa shape index (κ3) is 2.55. The van der Waals surface area contributed by atoms with Gasteiger partial charge in [-0.3, -0.25) is 0 Å². The van der Waals surface area contributed by atoms with E-state index >= 15 is 0 Å². The van der Waals surface area contributed by atoms with Gasteiger partial charge in [-0.25, -0.2) is 0 Å². The minimum Gasteiger partial charge on any atom is -1.00 e. The van der Waals surface area contributed by atoms with Crippen LogP contribution in [0.3, 0.4) is 0 Å². The molecule has 120 valence electrons. The van der Waals surface area contributed by atoms with E-state index in [2.05, 4.69) is 26.0 Å². The Morgan fingerprint density at radius 3 is 2.35 bits per heavy atom. The molecule has 0 amide bonds. The monoisotopic (exact) mass is 386 g/mol. The molecule has 5 aliphatic rings. The average Bonchev–Trinajstić information content (AvgIpc) is 2.81. The van der Waals surface area contributed by atoms with Gasteiger partial charge in [-0.05, 0) is 54.3 Å². The molecule has 4 bridgehead atoms. The molecule has 1 aromatic carbocycles. The van der Waals surface area contributed by atoms with Crippen molar-refractivity contribution >= 4 is 23.1 Å². The van der Waals surface area contributed by atoms with Crippen LogP contribution in [0.25, 0.3) is 0 Å². The Morgan fingerprint density at radius 2 is 1.70 bits per heavy atom. The zero-order valence-electron chi connectivity index (χ0n) is 14.1. The van der Waals surface area contributed by atoms with Crippen molar-refractivity contribution in [3.8, 4) is 11.5 Å². The third-order valence-corrected chi connectivity index (χ3v) is 6.53. The van der Waals surface area contributed by atoms with Crippen molar-refractivity contribution in [2.24, 2.45) is 16.7 Å². The molecule has 0 saturated heterocycles. The van der Waals surface area contributed by atoms with Crippen molar-refractivity contribution in [3.63, 3.8) is 0 Å². The fourth-order valence-electron chi connectivity index (χ4n) is 7.01. The van der Waals surface area contributed by atoms with Gasteiger partial charge in [0.1, 0.15) is 0 Å². The molecular formula is C19H23BrMgO2. The molecule has 4 saturated carbocycles. The molecule has 23 heavy (non-hydrogen) atoms. The van der Waals surface area contributed by atoms with Crippen molar-refractivity contribution in [2.75, 3.05) is 6.79 Å². The van der Waals surface area contributed by atoms with E-state index in [1.807, 2.05) is 6.07 Å². The number of hydrogen-bond acceptors (Lipinski definition) is 2. The summed E-state index contributed by atoms with van der Waals surface area (Å²) in [6.45, 7) is 5.41. The normalized spacial score (nSPS) is 42.1. The fraction of sp³-hybridized carbons (Fsp3) is 0.684. The Hall–Kier alpha value is 0.0662. The van der Waals surface area contributed by atoms with E-state index in [0.29, 0.717) is 23.0 Å². The van der Waals surface area contributed by atoms with E-state index in [0.717, 1.165) is 17.4 Å². The van der Waals surface area contributed by atoms with Crippen molar-refractivity contribution in [3.05, 3.63) is 23.8 Å². The van der Waals surface area contributed by atoms with Gasteiger partial charge in [-0.15, -0.1) is 11.6 Å². The SMILES string of the molecule is CC12CC3CC(C)(C1)CC(c1c[c-]cc4c1OCO4)(C3)C2.[Br-].[Mg+2]. The molecule has 0 N–H and O–H groups in total. The molecule has 4 heteroatoms. The van der Waals surface area contributed by atoms with Crippen LogP contribution in [0.2, 0.25) is 0 Å². The van der Waals surface area contributed by atoms with Crippen LogP contribution in [-0.4, -0.2) is 29.8 Å². The number of rotatable bonds is 1. The summed E-state index contributed by atoms with van der Waals surface area (Å²) < 4.78 is 11.4. The second-order valence-corrected chi connectivity index (χ2v) is 8.88. The maximum absolute atomic E-state index is 5.84. The zero-order chi connectivity index (χ0) is 14.3. The average molecular weight is 388 g/mol. The van der Waals surface area contributed by atoms with Gasteiger partial charge in [0.2, 0.25) is 6.79 Å². The zero-order valence-corrected chi connectivity index (χ0v) is 17.1. The first kappa shape index (κ1) is 17.9. The van der Waals surface area contributed by atoms with Crippen molar-refractivity contribution < 1.29 is 26.5 Å². The fourth-order valence-corrected chi connectivity index (χ4v) is 7.01. The molecule has 0 radical (unpaired) electrons. The standard InChI is InChI=1S/C19H23O2.BrH.Mg/c1-17-6-13-7-18(2,9-17)11-19(8-13,10-17)14-4-3-5-15-16(14)21-12-20-15;;/h4-5,13H,6-12H2,1-2H3;1H;/q-1;;+2/p-1. The van der Waals surface area contributed by atoms with Crippen LogP contribution in [0.4, 0.5) is 0 Å². The molecule has 6 rings (SSSR count). The van der Waals surface area contributed by atoms with Crippen molar-refractivity contribution in [1.29, 1.82) is 0 Å². The molecule has 0 aromatic heterocycles. The molecule has 4 fully saturated rings. The number of fused-ring (bicyclic) bond motifs is 1. The van der Waals surface area contributed by atoms with Crippen LogP contribution in [-0.2, 0) is 5.41 Å². The van der Waals surface area contributed by atoms with Crippen LogP contribution in [0.5, 0.6) is 11.5 Å². The van der Waals surface area contributed by atoms with Gasteiger partial charge in [0.25, 0.3) is 0 Å². The van der Waals surface area contributed by atoms with Gasteiger partial charge in [-0.1, -0.05) is 20.3 Å². The number of benzene rings is 1. The van der Waals surface area contributed by atoms with E-state index in [1.54, 1.807) is 0 Å². The first-order chi connectivity index (χ1) is 10.00. The largest absolute Gasteiger partial charge is 2.00 e. The van der Waals surface area contributed by atoms with Gasteiger partial charge in [0.15, 0.2) is 0 Å². The van der Waals surface area contributed by atoms with Crippen LogP contribution < -0.4 is 26.5 Å². The third-order valence-electron chi connectivity index (χ3n) is 6.53. The Kier molecular flexibility index (Phi) is 4.30. The number of halogens is 1. The predicted octanol–water partition coefficient (Wildman–Crippen LogP) is 1.09. The van der Waals surface area contributed by atoms with Gasteiger partial charge < -0.3 is 26.5 Å². The Bertz CT molecular complexity index is 614. The number of hydrogen-bond donors (Lipinski definition) is 0. The number of ether oxygens (including phenoxy) is 2. The Labute approximate surface area is 165 Å². The molecule has 1 aromatic rings. The van der Waals surface area contributed by atoms with E-state index in [9.17, 15) is 0 Å². The van der Waals surface area contributed by atoms with Crippen molar-refractivity contribution in [1.82, 2.24) is 0 Å². The topological polar surface area (TPSA) is 18.5 Å². The summed E-state index contributed by atoms with van der Waals surface area (Å²) in [5, 5.41) is 0. The summed E-state index contributed by atoms with van der Waals surface area (Å²) in [4.78, 5) is 0. The quantitative estimate of drug-likeness (QED) is 0.531. The second-order valence-electron chi connectivity index (χ2n) is 8.88. The first-order valence-electron chi connectivity index (χ1n) is 8.30. The molecule has 0 spiro atoms. The molecule has 1 aliphatic heterocycles. The Morgan fingerprint density at radius 1 is 1.00 bits per heavy atom. The van der Waals surface area contributed by atoms with E-state index in [-0.39, 0.29) is 40.0 Å². The van der Waals surface area contributed by atoms with Crippen LogP contribution >= 0.6 is 0 Å². The summed E-state index contributed by atoms with van der Waals surface area (Å²) in [6, 6.07) is 7.42. The van der Waals surface area contributed by atoms with Gasteiger partial charge in [-0.2, -0.15) is 12.1 Å². The Balaban J connectivity index is 0.000000781. The minimum absolute atomic E-state index is 0. The summed E-state index contributed by atoms with van der Waals surface area (Å²) in [5.74, 6) is 2.82. The molecule has 2 atom stereocenters. The second kappa shape index (κ2) is 5.53. The molecule has 1 heterocycles. The van der Waals surface area contributed by atoms with Crippen LogP contribution in [0.15, 0.2) is 12.1 Å². The maximum Gasteiger partial charge on any atom is 2.00 e. The molecule has 2 nitrogen and oxygen atoms in total. The summed E-state index contributed by atoms with van der Waals surface area (Å²) in [6.07, 6.45) is 8.25.